The van der Waals surface area contributed by atoms with Gasteiger partial charge in [0, 0.05) is 6.54 Å². The molecular formula is C13H19FN2O3S. The van der Waals surface area contributed by atoms with Crippen molar-refractivity contribution in [2.45, 2.75) is 42.6 Å². The van der Waals surface area contributed by atoms with Crippen molar-refractivity contribution in [1.82, 2.24) is 4.72 Å². The Morgan fingerprint density at radius 1 is 1.30 bits per heavy atom. The summed E-state index contributed by atoms with van der Waals surface area (Å²) in [4.78, 5) is -0.295. The van der Waals surface area contributed by atoms with E-state index in [1.807, 2.05) is 0 Å². The summed E-state index contributed by atoms with van der Waals surface area (Å²) in [5, 5.41) is 10.3. The lowest BCUT2D eigenvalue weighted by Crippen LogP contribution is -2.44. The molecule has 0 bridgehead atoms. The minimum absolute atomic E-state index is 0.0190. The number of anilines is 1. The zero-order chi connectivity index (χ0) is 14.8. The zero-order valence-electron chi connectivity index (χ0n) is 11.1. The smallest absolute Gasteiger partial charge is 0.242 e. The van der Waals surface area contributed by atoms with Crippen molar-refractivity contribution in [2.24, 2.45) is 0 Å². The van der Waals surface area contributed by atoms with Crippen molar-refractivity contribution in [3.8, 4) is 0 Å². The fourth-order valence-electron chi connectivity index (χ4n) is 2.43. The maximum Gasteiger partial charge on any atom is 0.242 e. The number of hydrogen-bond donors (Lipinski definition) is 3. The largest absolute Gasteiger partial charge is 0.398 e. The molecule has 2 rings (SSSR count). The molecule has 1 aliphatic carbocycles. The van der Waals surface area contributed by atoms with Crippen molar-refractivity contribution in [3.05, 3.63) is 24.0 Å². The van der Waals surface area contributed by atoms with Crippen LogP contribution in [0.25, 0.3) is 0 Å². The molecule has 0 heterocycles. The molecule has 0 atom stereocenters. The normalized spacial score (nSPS) is 18.9. The van der Waals surface area contributed by atoms with Gasteiger partial charge in [0.1, 0.15) is 10.7 Å². The number of nitrogens with one attached hydrogen (secondary N) is 1. The highest BCUT2D eigenvalue weighted by Crippen LogP contribution is 2.28. The monoisotopic (exact) mass is 302 g/mol. The van der Waals surface area contributed by atoms with Gasteiger partial charge in [-0.2, -0.15) is 0 Å². The van der Waals surface area contributed by atoms with Gasteiger partial charge >= 0.3 is 0 Å². The fourth-order valence-corrected chi connectivity index (χ4v) is 3.69. The van der Waals surface area contributed by atoms with Crippen molar-refractivity contribution in [2.75, 3.05) is 12.3 Å². The quantitative estimate of drug-likeness (QED) is 0.733. The van der Waals surface area contributed by atoms with Gasteiger partial charge in [-0.05, 0) is 31.0 Å². The molecule has 0 unspecified atom stereocenters. The summed E-state index contributed by atoms with van der Waals surface area (Å²) in [7, 11) is -3.93. The van der Waals surface area contributed by atoms with E-state index in [2.05, 4.69) is 4.72 Å². The first-order valence-electron chi connectivity index (χ1n) is 6.60. The van der Waals surface area contributed by atoms with Crippen LogP contribution in [0, 0.1) is 5.82 Å². The van der Waals surface area contributed by atoms with E-state index in [-0.39, 0.29) is 17.1 Å². The molecule has 0 saturated heterocycles. The molecule has 1 fully saturated rings. The Balaban J connectivity index is 2.13. The van der Waals surface area contributed by atoms with Crippen LogP contribution in [0.4, 0.5) is 10.1 Å². The van der Waals surface area contributed by atoms with Crippen LogP contribution >= 0.6 is 0 Å². The summed E-state index contributed by atoms with van der Waals surface area (Å²) in [6, 6.07) is 3.19. The third-order valence-corrected chi connectivity index (χ3v) is 5.10. The molecule has 1 aromatic carbocycles. The molecule has 0 aliphatic heterocycles. The Labute approximate surface area is 118 Å². The van der Waals surface area contributed by atoms with E-state index >= 15 is 0 Å². The zero-order valence-corrected chi connectivity index (χ0v) is 11.9. The Bertz CT molecular complexity index is 583. The van der Waals surface area contributed by atoms with Gasteiger partial charge in [0.25, 0.3) is 0 Å². The Morgan fingerprint density at radius 3 is 2.60 bits per heavy atom. The van der Waals surface area contributed by atoms with E-state index in [4.69, 9.17) is 5.73 Å². The van der Waals surface area contributed by atoms with Crippen LogP contribution in [-0.4, -0.2) is 25.7 Å². The number of hydrogen-bond acceptors (Lipinski definition) is 4. The van der Waals surface area contributed by atoms with Gasteiger partial charge in [-0.25, -0.2) is 17.5 Å². The first kappa shape index (κ1) is 15.2. The lowest BCUT2D eigenvalue weighted by molar-refractivity contribution is 0.00946. The Morgan fingerprint density at radius 2 is 1.95 bits per heavy atom. The maximum absolute atomic E-state index is 13.2. The fraction of sp³-hybridized carbons (Fsp3) is 0.538. The molecule has 1 aromatic rings. The topological polar surface area (TPSA) is 92.4 Å². The summed E-state index contributed by atoms with van der Waals surface area (Å²) < 4.78 is 39.7. The van der Waals surface area contributed by atoms with Gasteiger partial charge in [-0.3, -0.25) is 0 Å². The minimum Gasteiger partial charge on any atom is -0.398 e. The number of halogens is 1. The van der Waals surface area contributed by atoms with Crippen molar-refractivity contribution < 1.29 is 17.9 Å². The van der Waals surface area contributed by atoms with E-state index in [9.17, 15) is 17.9 Å². The van der Waals surface area contributed by atoms with Crippen LogP contribution < -0.4 is 10.5 Å². The Kier molecular flexibility index (Phi) is 4.31. The maximum atomic E-state index is 13.2. The number of rotatable bonds is 4. The third-order valence-electron chi connectivity index (χ3n) is 3.64. The standard InChI is InChI=1S/C13H19FN2O3S/c14-10-4-5-11(15)12(8-10)20(18,19)16-9-13(17)6-2-1-3-7-13/h4-5,8,16-17H,1-3,6-7,9,15H2. The highest BCUT2D eigenvalue weighted by Gasteiger charge is 2.31. The van der Waals surface area contributed by atoms with Gasteiger partial charge in [0.2, 0.25) is 10.0 Å². The lowest BCUT2D eigenvalue weighted by atomic mass is 9.85. The van der Waals surface area contributed by atoms with Crippen LogP contribution in [0.3, 0.4) is 0 Å². The SMILES string of the molecule is Nc1ccc(F)cc1S(=O)(=O)NCC1(O)CCCCC1. The van der Waals surface area contributed by atoms with E-state index in [0.717, 1.165) is 31.4 Å². The third kappa shape index (κ3) is 3.47. The molecule has 112 valence electrons. The molecule has 0 radical (unpaired) electrons. The second-order valence-electron chi connectivity index (χ2n) is 5.29. The number of nitrogen functional groups attached to an aromatic ring is 1. The van der Waals surface area contributed by atoms with Crippen LogP contribution in [-0.2, 0) is 10.0 Å². The molecule has 0 aromatic heterocycles. The second kappa shape index (κ2) is 5.67. The van der Waals surface area contributed by atoms with E-state index < -0.39 is 21.4 Å². The number of nitrogens with two attached hydrogens (primary N) is 1. The van der Waals surface area contributed by atoms with E-state index in [1.54, 1.807) is 0 Å². The molecule has 1 saturated carbocycles. The molecule has 20 heavy (non-hydrogen) atoms. The summed E-state index contributed by atoms with van der Waals surface area (Å²) in [5.41, 5.74) is 4.53. The van der Waals surface area contributed by atoms with Crippen LogP contribution in [0.2, 0.25) is 0 Å². The first-order valence-corrected chi connectivity index (χ1v) is 8.08. The van der Waals surface area contributed by atoms with E-state index in [0.29, 0.717) is 12.8 Å². The average Bonchev–Trinajstić information content (AvgIpc) is 2.40. The number of benzene rings is 1. The van der Waals surface area contributed by atoms with Crippen molar-refractivity contribution >= 4 is 15.7 Å². The summed E-state index contributed by atoms with van der Waals surface area (Å²) in [6.07, 6.45) is 3.93. The predicted octanol–water partition coefficient (Wildman–Crippen LogP) is 1.38. The average molecular weight is 302 g/mol. The molecular weight excluding hydrogens is 283 g/mol. The highest BCUT2D eigenvalue weighted by molar-refractivity contribution is 7.89. The molecule has 0 spiro atoms. The minimum atomic E-state index is -3.93. The van der Waals surface area contributed by atoms with Gasteiger partial charge in [-0.1, -0.05) is 19.3 Å². The molecule has 5 nitrogen and oxygen atoms in total. The van der Waals surface area contributed by atoms with Crippen molar-refractivity contribution in [3.63, 3.8) is 0 Å². The summed E-state index contributed by atoms with van der Waals surface area (Å²) >= 11 is 0. The van der Waals surface area contributed by atoms with Gasteiger partial charge in [0.15, 0.2) is 0 Å². The number of sulfonamides is 1. The second-order valence-corrected chi connectivity index (χ2v) is 7.03. The molecule has 0 amide bonds. The van der Waals surface area contributed by atoms with E-state index in [1.165, 1.54) is 6.07 Å². The van der Waals surface area contributed by atoms with Gasteiger partial charge < -0.3 is 10.8 Å². The molecule has 4 N–H and O–H groups in total. The molecule has 1 aliphatic rings. The van der Waals surface area contributed by atoms with Gasteiger partial charge in [0.05, 0.1) is 11.3 Å². The van der Waals surface area contributed by atoms with Crippen LogP contribution in [0.1, 0.15) is 32.1 Å². The van der Waals surface area contributed by atoms with Crippen molar-refractivity contribution in [1.29, 1.82) is 0 Å². The first-order chi connectivity index (χ1) is 9.32. The highest BCUT2D eigenvalue weighted by atomic mass is 32.2. The number of aliphatic hydroxyl groups is 1. The summed E-state index contributed by atoms with van der Waals surface area (Å²) in [5.74, 6) is -0.670. The summed E-state index contributed by atoms with van der Waals surface area (Å²) in [6.45, 7) is -0.0781. The van der Waals surface area contributed by atoms with Gasteiger partial charge in [-0.15, -0.1) is 0 Å². The van der Waals surface area contributed by atoms with Crippen LogP contribution in [0.15, 0.2) is 23.1 Å². The Hall–Kier alpha value is -1.18. The predicted molar refractivity (Wildman–Crippen MR) is 74.0 cm³/mol. The molecule has 7 heteroatoms. The lowest BCUT2D eigenvalue weighted by Gasteiger charge is -2.32. The van der Waals surface area contributed by atoms with Crippen LogP contribution in [0.5, 0.6) is 0 Å².